The number of rotatable bonds is 7. The largest absolute Gasteiger partial charge is 0.481 e. The first kappa shape index (κ1) is 20.3. The highest BCUT2D eigenvalue weighted by Gasteiger charge is 2.26. The first-order chi connectivity index (χ1) is 13.8. The third-order valence-corrected chi connectivity index (χ3v) is 4.52. The number of carbonyl (C=O) groups is 2. The molecule has 2 aromatic heterocycles. The lowest BCUT2D eigenvalue weighted by Gasteiger charge is -2.29. The van der Waals surface area contributed by atoms with E-state index < -0.39 is 5.66 Å². The molecule has 7 nitrogen and oxygen atoms in total. The second kappa shape index (κ2) is 8.26. The number of imidazole rings is 1. The van der Waals surface area contributed by atoms with Crippen LogP contribution in [-0.4, -0.2) is 33.8 Å². The summed E-state index contributed by atoms with van der Waals surface area (Å²) in [4.78, 5) is 31.8. The van der Waals surface area contributed by atoms with E-state index >= 15 is 0 Å². The molecule has 0 spiro atoms. The van der Waals surface area contributed by atoms with Gasteiger partial charge < -0.3 is 19.4 Å². The molecule has 7 heteroatoms. The van der Waals surface area contributed by atoms with Gasteiger partial charge >= 0.3 is 0 Å². The maximum Gasteiger partial charge on any atom is 0.218 e. The average Bonchev–Trinajstić information content (AvgIpc) is 3.14. The summed E-state index contributed by atoms with van der Waals surface area (Å²) in [6.07, 6.45) is 3.15. The molecule has 29 heavy (non-hydrogen) atoms. The van der Waals surface area contributed by atoms with Crippen molar-refractivity contribution in [2.45, 2.75) is 32.9 Å². The van der Waals surface area contributed by atoms with Crippen molar-refractivity contribution < 1.29 is 14.3 Å². The van der Waals surface area contributed by atoms with Gasteiger partial charge in [-0.05, 0) is 25.5 Å². The van der Waals surface area contributed by atoms with Crippen LogP contribution in [0.5, 0.6) is 5.88 Å². The molecule has 0 aliphatic rings. The van der Waals surface area contributed by atoms with E-state index in [1.54, 1.807) is 13.2 Å². The molecule has 0 bridgehead atoms. The van der Waals surface area contributed by atoms with E-state index in [0.29, 0.717) is 23.8 Å². The van der Waals surface area contributed by atoms with E-state index in [1.807, 2.05) is 61.0 Å². The molecule has 150 valence electrons. The van der Waals surface area contributed by atoms with Gasteiger partial charge in [-0.2, -0.15) is 0 Å². The van der Waals surface area contributed by atoms with E-state index in [2.05, 4.69) is 10.3 Å². The molecule has 1 N–H and O–H groups in total. The third-order valence-electron chi connectivity index (χ3n) is 4.52. The molecule has 0 atom stereocenters. The van der Waals surface area contributed by atoms with Crippen molar-refractivity contribution >= 4 is 12.2 Å². The van der Waals surface area contributed by atoms with Gasteiger partial charge in [0, 0.05) is 31.2 Å². The van der Waals surface area contributed by atoms with Crippen molar-refractivity contribution in [1.82, 2.24) is 19.9 Å². The van der Waals surface area contributed by atoms with Crippen molar-refractivity contribution in [3.8, 4) is 28.7 Å². The van der Waals surface area contributed by atoms with Gasteiger partial charge in [-0.25, -0.2) is 9.97 Å². The summed E-state index contributed by atoms with van der Waals surface area (Å²) in [5.74, 6) is 0.941. The van der Waals surface area contributed by atoms with Crippen molar-refractivity contribution in [3.05, 3.63) is 54.2 Å². The fourth-order valence-corrected chi connectivity index (χ4v) is 3.18. The number of nitrogens with zero attached hydrogens (tertiary/aromatic N) is 3. The predicted octanol–water partition coefficient (Wildman–Crippen LogP) is 3.19. The fourth-order valence-electron chi connectivity index (χ4n) is 3.18. The predicted molar refractivity (Wildman–Crippen MR) is 110 cm³/mol. The Morgan fingerprint density at radius 2 is 1.86 bits per heavy atom. The van der Waals surface area contributed by atoms with Crippen LogP contribution in [0.25, 0.3) is 22.8 Å². The number of aromatic nitrogens is 3. The second-order valence-electron chi connectivity index (χ2n) is 7.19. The minimum absolute atomic E-state index is 0.145. The molecule has 3 aromatic rings. The number of hydrogen-bond acceptors (Lipinski definition) is 5. The third kappa shape index (κ3) is 4.51. The Hall–Kier alpha value is -3.48. The number of carbonyl (C=O) groups excluding carboxylic acids is 2. The van der Waals surface area contributed by atoms with Gasteiger partial charge in [0.05, 0.1) is 12.8 Å². The molecule has 1 amide bonds. The normalized spacial score (nSPS) is 11.2. The fraction of sp³-hybridized carbons (Fsp3) is 0.273. The lowest BCUT2D eigenvalue weighted by molar-refractivity contribution is -0.121. The summed E-state index contributed by atoms with van der Waals surface area (Å²) < 4.78 is 7.14. The Labute approximate surface area is 169 Å². The van der Waals surface area contributed by atoms with Crippen LogP contribution in [0.4, 0.5) is 0 Å². The lowest BCUT2D eigenvalue weighted by Crippen LogP contribution is -2.44. The van der Waals surface area contributed by atoms with Crippen LogP contribution in [0.3, 0.4) is 0 Å². The Morgan fingerprint density at radius 1 is 1.14 bits per heavy atom. The number of pyridine rings is 1. The zero-order valence-corrected chi connectivity index (χ0v) is 17.0. The number of benzene rings is 1. The van der Waals surface area contributed by atoms with Crippen LogP contribution < -0.4 is 10.1 Å². The Morgan fingerprint density at radius 3 is 2.48 bits per heavy atom. The summed E-state index contributed by atoms with van der Waals surface area (Å²) >= 11 is 0. The molecule has 1 aromatic carbocycles. The van der Waals surface area contributed by atoms with Gasteiger partial charge in [-0.3, -0.25) is 4.79 Å². The van der Waals surface area contributed by atoms with Gasteiger partial charge in [0.1, 0.15) is 17.6 Å². The Kier molecular flexibility index (Phi) is 5.77. The maximum absolute atomic E-state index is 11.7. The first-order valence-corrected chi connectivity index (χ1v) is 9.27. The molecule has 2 heterocycles. The second-order valence-corrected chi connectivity index (χ2v) is 7.19. The summed E-state index contributed by atoms with van der Waals surface area (Å²) in [6.45, 7) is 5.28. The van der Waals surface area contributed by atoms with E-state index in [1.165, 1.54) is 6.92 Å². The average molecular weight is 392 g/mol. The van der Waals surface area contributed by atoms with Gasteiger partial charge in [0.25, 0.3) is 0 Å². The highest BCUT2D eigenvalue weighted by molar-refractivity contribution is 5.73. The van der Waals surface area contributed by atoms with Gasteiger partial charge in [0.15, 0.2) is 5.82 Å². The SMILES string of the molecule is COc1cccc(-c2nc(-c3ccc(CC=O)cc3)cn2C(C)(C)NC(C)=O)n1. The van der Waals surface area contributed by atoms with E-state index in [0.717, 1.165) is 23.1 Å². The summed E-state index contributed by atoms with van der Waals surface area (Å²) in [7, 11) is 1.56. The molecule has 0 unspecified atom stereocenters. The number of aldehydes is 1. The standard InChI is InChI=1S/C22H24N4O3/c1-15(28)25-22(2,3)26-14-19(17-10-8-16(9-11-17)12-13-27)24-21(26)18-6-5-7-20(23-18)29-4/h5-11,13-14H,12H2,1-4H3,(H,25,28). The summed E-state index contributed by atoms with van der Waals surface area (Å²) in [5.41, 5.74) is 2.49. The van der Waals surface area contributed by atoms with Crippen LogP contribution in [0.1, 0.15) is 26.3 Å². The van der Waals surface area contributed by atoms with Crippen molar-refractivity contribution in [2.75, 3.05) is 7.11 Å². The molecular formula is C22H24N4O3. The number of amides is 1. The van der Waals surface area contributed by atoms with Crippen molar-refractivity contribution in [1.29, 1.82) is 0 Å². The number of hydrogen-bond donors (Lipinski definition) is 1. The van der Waals surface area contributed by atoms with E-state index in [-0.39, 0.29) is 5.91 Å². The minimum Gasteiger partial charge on any atom is -0.481 e. The smallest absolute Gasteiger partial charge is 0.218 e. The zero-order valence-electron chi connectivity index (χ0n) is 17.0. The van der Waals surface area contributed by atoms with Crippen LogP contribution in [0.2, 0.25) is 0 Å². The van der Waals surface area contributed by atoms with Crippen molar-refractivity contribution in [3.63, 3.8) is 0 Å². The molecule has 0 saturated heterocycles. The maximum atomic E-state index is 11.7. The molecule has 3 rings (SSSR count). The molecular weight excluding hydrogens is 368 g/mol. The number of nitrogens with one attached hydrogen (secondary N) is 1. The van der Waals surface area contributed by atoms with Crippen LogP contribution in [-0.2, 0) is 21.7 Å². The number of methoxy groups -OCH3 is 1. The zero-order chi connectivity index (χ0) is 21.0. The molecule has 0 fully saturated rings. The van der Waals surface area contributed by atoms with Crippen molar-refractivity contribution in [2.24, 2.45) is 0 Å². The highest BCUT2D eigenvalue weighted by atomic mass is 16.5. The van der Waals surface area contributed by atoms with Crippen LogP contribution >= 0.6 is 0 Å². The van der Waals surface area contributed by atoms with Crippen LogP contribution in [0, 0.1) is 0 Å². The monoisotopic (exact) mass is 392 g/mol. The summed E-state index contributed by atoms with van der Waals surface area (Å²) in [6, 6.07) is 13.1. The Balaban J connectivity index is 2.12. The molecule has 0 saturated carbocycles. The van der Waals surface area contributed by atoms with Gasteiger partial charge in [0.2, 0.25) is 11.8 Å². The van der Waals surface area contributed by atoms with E-state index in [4.69, 9.17) is 9.72 Å². The molecule has 0 aliphatic heterocycles. The van der Waals surface area contributed by atoms with Gasteiger partial charge in [-0.1, -0.05) is 30.3 Å². The minimum atomic E-state index is -0.728. The molecule has 0 radical (unpaired) electrons. The van der Waals surface area contributed by atoms with E-state index in [9.17, 15) is 9.59 Å². The number of ether oxygens (including phenoxy) is 1. The highest BCUT2D eigenvalue weighted by Crippen LogP contribution is 2.29. The van der Waals surface area contributed by atoms with Gasteiger partial charge in [-0.15, -0.1) is 0 Å². The quantitative estimate of drug-likeness (QED) is 0.624. The van der Waals surface area contributed by atoms with Crippen LogP contribution in [0.15, 0.2) is 48.7 Å². The first-order valence-electron chi connectivity index (χ1n) is 9.27. The topological polar surface area (TPSA) is 86.1 Å². The lowest BCUT2D eigenvalue weighted by atomic mass is 10.1. The molecule has 0 aliphatic carbocycles. The summed E-state index contributed by atoms with van der Waals surface area (Å²) in [5, 5.41) is 2.95. The Bertz CT molecular complexity index is 1020.